The third kappa shape index (κ3) is 3.43. The zero-order valence-corrected chi connectivity index (χ0v) is 16.5. The third-order valence-corrected chi connectivity index (χ3v) is 5.92. The maximum absolute atomic E-state index is 12.7. The number of ether oxygens (including phenoxy) is 1. The van der Waals surface area contributed by atoms with Crippen molar-refractivity contribution in [3.8, 4) is 0 Å². The molecule has 1 saturated carbocycles. The van der Waals surface area contributed by atoms with Crippen molar-refractivity contribution in [1.82, 2.24) is 4.90 Å². The van der Waals surface area contributed by atoms with Gasteiger partial charge in [-0.3, -0.25) is 4.79 Å². The molecule has 148 valence electrons. The van der Waals surface area contributed by atoms with Crippen molar-refractivity contribution in [1.29, 1.82) is 0 Å². The highest BCUT2D eigenvalue weighted by Gasteiger charge is 2.50. The van der Waals surface area contributed by atoms with Gasteiger partial charge in [0.05, 0.1) is 0 Å². The van der Waals surface area contributed by atoms with Crippen LogP contribution in [0.5, 0.6) is 0 Å². The van der Waals surface area contributed by atoms with Crippen LogP contribution in [-0.4, -0.2) is 36.0 Å². The van der Waals surface area contributed by atoms with Crippen molar-refractivity contribution in [2.75, 3.05) is 13.2 Å². The normalized spacial score (nSPS) is 25.7. The van der Waals surface area contributed by atoms with Crippen LogP contribution in [0.25, 0.3) is 11.0 Å². The van der Waals surface area contributed by atoms with Crippen LogP contribution in [0.2, 0.25) is 0 Å². The maximum atomic E-state index is 12.7. The van der Waals surface area contributed by atoms with E-state index in [0.29, 0.717) is 17.5 Å². The summed E-state index contributed by atoms with van der Waals surface area (Å²) in [7, 11) is 0. The molecule has 0 spiro atoms. The second kappa shape index (κ2) is 6.47. The van der Waals surface area contributed by atoms with Gasteiger partial charge in [-0.1, -0.05) is 39.0 Å². The van der Waals surface area contributed by atoms with Gasteiger partial charge >= 0.3 is 11.6 Å². The van der Waals surface area contributed by atoms with Crippen LogP contribution in [0.1, 0.15) is 50.4 Å². The summed E-state index contributed by atoms with van der Waals surface area (Å²) in [5.41, 5.74) is -0.235. The minimum atomic E-state index is -0.832. The van der Waals surface area contributed by atoms with Crippen molar-refractivity contribution < 1.29 is 18.7 Å². The standard InChI is InChI=1S/C22H25NO5/c1-21(2)9-15-10-22(3,12-21)13-23(15)18(24)11-27-19(25)16-8-14-6-4-5-7-17(14)28-20(16)26/h4-8,15H,9-13H2,1-3H3. The number of benzene rings is 1. The van der Waals surface area contributed by atoms with E-state index >= 15 is 0 Å². The van der Waals surface area contributed by atoms with Crippen molar-refractivity contribution in [3.63, 3.8) is 0 Å². The quantitative estimate of drug-likeness (QED) is 0.600. The Hall–Kier alpha value is -2.63. The molecule has 0 N–H and O–H groups in total. The van der Waals surface area contributed by atoms with Crippen LogP contribution >= 0.6 is 0 Å². The number of esters is 1. The Morgan fingerprint density at radius 3 is 2.75 bits per heavy atom. The van der Waals surface area contributed by atoms with Gasteiger partial charge in [-0.25, -0.2) is 9.59 Å². The maximum Gasteiger partial charge on any atom is 0.351 e. The number of nitrogens with zero attached hydrogens (tertiary/aromatic N) is 1. The second-order valence-electron chi connectivity index (χ2n) is 9.30. The Balaban J connectivity index is 1.45. The number of rotatable bonds is 3. The van der Waals surface area contributed by atoms with Crippen LogP contribution in [0, 0.1) is 10.8 Å². The van der Waals surface area contributed by atoms with E-state index in [-0.39, 0.29) is 34.9 Å². The van der Waals surface area contributed by atoms with E-state index in [0.717, 1.165) is 19.3 Å². The van der Waals surface area contributed by atoms with E-state index in [1.54, 1.807) is 24.3 Å². The highest BCUT2D eigenvalue weighted by atomic mass is 16.5. The zero-order valence-electron chi connectivity index (χ0n) is 16.5. The molecule has 1 aromatic carbocycles. The first-order valence-corrected chi connectivity index (χ1v) is 9.65. The van der Waals surface area contributed by atoms with E-state index in [4.69, 9.17) is 9.15 Å². The lowest BCUT2D eigenvalue weighted by Crippen LogP contribution is -2.40. The number of para-hydroxylation sites is 1. The fourth-order valence-electron chi connectivity index (χ4n) is 5.24. The first-order chi connectivity index (χ1) is 13.2. The molecule has 2 heterocycles. The lowest BCUT2D eigenvalue weighted by atomic mass is 9.65. The first kappa shape index (κ1) is 18.7. The smallest absolute Gasteiger partial charge is 0.351 e. The molecule has 1 aromatic heterocycles. The van der Waals surface area contributed by atoms with Crippen molar-refractivity contribution in [2.24, 2.45) is 10.8 Å². The number of carbonyl (C=O) groups excluding carboxylic acids is 2. The summed E-state index contributed by atoms with van der Waals surface area (Å²) in [5.74, 6) is -1.04. The molecule has 4 rings (SSSR count). The summed E-state index contributed by atoms with van der Waals surface area (Å²) in [6.07, 6.45) is 3.03. The summed E-state index contributed by atoms with van der Waals surface area (Å²) in [6.45, 7) is 7.03. The topological polar surface area (TPSA) is 76.8 Å². The number of hydrogen-bond donors (Lipinski definition) is 0. The Morgan fingerprint density at radius 1 is 1.21 bits per heavy atom. The first-order valence-electron chi connectivity index (χ1n) is 9.65. The number of fused-ring (bicyclic) bond motifs is 3. The van der Waals surface area contributed by atoms with Gasteiger partial charge in [0.15, 0.2) is 6.61 Å². The molecule has 28 heavy (non-hydrogen) atoms. The van der Waals surface area contributed by atoms with Crippen molar-refractivity contribution >= 4 is 22.8 Å². The molecule has 1 saturated heterocycles. The minimum Gasteiger partial charge on any atom is -0.452 e. The van der Waals surface area contributed by atoms with Gasteiger partial charge in [-0.2, -0.15) is 0 Å². The molecule has 2 atom stereocenters. The van der Waals surface area contributed by atoms with Crippen LogP contribution < -0.4 is 5.63 Å². The van der Waals surface area contributed by atoms with Gasteiger partial charge in [0.25, 0.3) is 5.91 Å². The van der Waals surface area contributed by atoms with Gasteiger partial charge in [0.1, 0.15) is 11.1 Å². The molecule has 6 nitrogen and oxygen atoms in total. The molecular formula is C22H25NO5. The number of carbonyl (C=O) groups is 2. The summed E-state index contributed by atoms with van der Waals surface area (Å²) < 4.78 is 10.3. The lowest BCUT2D eigenvalue weighted by Gasteiger charge is -2.39. The molecule has 2 fully saturated rings. The van der Waals surface area contributed by atoms with E-state index in [1.165, 1.54) is 6.07 Å². The molecule has 2 bridgehead atoms. The Kier molecular flexibility index (Phi) is 4.32. The lowest BCUT2D eigenvalue weighted by molar-refractivity contribution is -0.135. The number of hydrogen-bond acceptors (Lipinski definition) is 5. The summed E-state index contributed by atoms with van der Waals surface area (Å²) >= 11 is 0. The number of amides is 1. The largest absolute Gasteiger partial charge is 0.452 e. The van der Waals surface area contributed by atoms with E-state index in [1.807, 2.05) is 4.90 Å². The molecule has 2 unspecified atom stereocenters. The zero-order chi connectivity index (χ0) is 20.1. The monoisotopic (exact) mass is 383 g/mol. The van der Waals surface area contributed by atoms with Gasteiger partial charge in [-0.15, -0.1) is 0 Å². The highest BCUT2D eigenvalue weighted by Crippen LogP contribution is 2.52. The molecule has 6 heteroatoms. The molecule has 2 aliphatic rings. The van der Waals surface area contributed by atoms with E-state index < -0.39 is 11.6 Å². The van der Waals surface area contributed by atoms with Crippen LogP contribution in [-0.2, 0) is 9.53 Å². The predicted octanol–water partition coefficient (Wildman–Crippen LogP) is 3.38. The fourth-order valence-corrected chi connectivity index (χ4v) is 5.24. The van der Waals surface area contributed by atoms with Crippen molar-refractivity contribution in [3.05, 3.63) is 46.3 Å². The van der Waals surface area contributed by atoms with Gasteiger partial charge in [0, 0.05) is 18.0 Å². The van der Waals surface area contributed by atoms with Gasteiger partial charge in [-0.05, 0) is 42.2 Å². The molecular weight excluding hydrogens is 358 g/mol. The Morgan fingerprint density at radius 2 is 1.96 bits per heavy atom. The molecule has 1 amide bonds. The summed E-state index contributed by atoms with van der Waals surface area (Å²) in [4.78, 5) is 39.0. The SMILES string of the molecule is CC1(C)CC2CC(C)(CN2C(=O)COC(=O)c2cc3ccccc3oc2=O)C1. The van der Waals surface area contributed by atoms with Gasteiger partial charge in [0.2, 0.25) is 0 Å². The average molecular weight is 383 g/mol. The van der Waals surface area contributed by atoms with E-state index in [2.05, 4.69) is 20.8 Å². The number of likely N-dealkylation sites (tertiary alicyclic amines) is 1. The third-order valence-electron chi connectivity index (χ3n) is 5.92. The Labute approximate surface area is 163 Å². The van der Waals surface area contributed by atoms with Gasteiger partial charge < -0.3 is 14.1 Å². The Bertz CT molecular complexity index is 1010. The average Bonchev–Trinajstić information content (AvgIpc) is 2.87. The minimum absolute atomic E-state index is 0.117. The van der Waals surface area contributed by atoms with Crippen LogP contribution in [0.15, 0.2) is 39.5 Å². The molecule has 1 aliphatic carbocycles. The summed E-state index contributed by atoms with van der Waals surface area (Å²) in [6, 6.07) is 8.56. The van der Waals surface area contributed by atoms with Crippen molar-refractivity contribution in [2.45, 2.75) is 46.1 Å². The molecule has 0 radical (unpaired) electrons. The second-order valence-corrected chi connectivity index (χ2v) is 9.30. The van der Waals surface area contributed by atoms with Crippen LogP contribution in [0.4, 0.5) is 0 Å². The highest BCUT2D eigenvalue weighted by molar-refractivity contribution is 5.94. The molecule has 1 aliphatic heterocycles. The molecule has 2 aromatic rings. The predicted molar refractivity (Wildman–Crippen MR) is 104 cm³/mol. The fraction of sp³-hybridized carbons (Fsp3) is 0.500. The summed E-state index contributed by atoms with van der Waals surface area (Å²) in [5, 5.41) is 0.629. The van der Waals surface area contributed by atoms with E-state index in [9.17, 15) is 14.4 Å². The van der Waals surface area contributed by atoms with Crippen LogP contribution in [0.3, 0.4) is 0 Å².